The van der Waals surface area contributed by atoms with Crippen LogP contribution in [-0.4, -0.2) is 30.8 Å². The van der Waals surface area contributed by atoms with Gasteiger partial charge in [-0.15, -0.1) is 0 Å². The van der Waals surface area contributed by atoms with Gasteiger partial charge in [-0.05, 0) is 18.2 Å². The quantitative estimate of drug-likeness (QED) is 0.715. The first-order valence-electron chi connectivity index (χ1n) is 5.37. The molecule has 18 heavy (non-hydrogen) atoms. The molecule has 0 amide bonds. The number of aromatic nitrogens is 4. The fourth-order valence-corrected chi connectivity index (χ4v) is 1.87. The number of aromatic amines is 1. The van der Waals surface area contributed by atoms with Gasteiger partial charge in [0, 0.05) is 13.2 Å². The zero-order chi connectivity index (χ0) is 12.7. The molecule has 0 aliphatic carbocycles. The zero-order valence-corrected chi connectivity index (χ0v) is 9.58. The van der Waals surface area contributed by atoms with Crippen LogP contribution in [0.4, 0.5) is 0 Å². The molecule has 3 rings (SSSR count). The molecule has 0 aliphatic rings. The Labute approximate surface area is 102 Å². The highest BCUT2D eigenvalue weighted by atomic mass is 16.4. The molecule has 0 radical (unpaired) electrons. The molecule has 0 unspecified atom stereocenters. The number of rotatable bonds is 2. The standard InChI is InChI=1S/C12H10N4O2/c1-16-6-5-9(15-16)11-13-8-4-2-3-7(12(17)18)10(8)14-11/h2-6H,1H3,(H,13,14)(H,17,18). The Morgan fingerprint density at radius 3 is 2.89 bits per heavy atom. The number of para-hydroxylation sites is 1. The first-order valence-corrected chi connectivity index (χ1v) is 5.37. The number of H-pyrrole nitrogens is 1. The van der Waals surface area contributed by atoms with Gasteiger partial charge in [-0.1, -0.05) is 6.07 Å². The summed E-state index contributed by atoms with van der Waals surface area (Å²) < 4.78 is 1.67. The molecule has 0 spiro atoms. The molecular weight excluding hydrogens is 232 g/mol. The molecule has 6 heteroatoms. The Balaban J connectivity index is 2.22. The topological polar surface area (TPSA) is 83.8 Å². The molecule has 3 aromatic rings. The van der Waals surface area contributed by atoms with Crippen molar-refractivity contribution in [3.8, 4) is 11.5 Å². The molecule has 0 aliphatic heterocycles. The minimum absolute atomic E-state index is 0.186. The molecule has 0 bridgehead atoms. The van der Waals surface area contributed by atoms with Crippen molar-refractivity contribution < 1.29 is 9.90 Å². The monoisotopic (exact) mass is 242 g/mol. The maximum Gasteiger partial charge on any atom is 0.337 e. The van der Waals surface area contributed by atoms with Crippen LogP contribution in [0.15, 0.2) is 30.5 Å². The van der Waals surface area contributed by atoms with Gasteiger partial charge < -0.3 is 10.1 Å². The number of carboxylic acids is 1. The lowest BCUT2D eigenvalue weighted by Crippen LogP contribution is -1.96. The summed E-state index contributed by atoms with van der Waals surface area (Å²) in [4.78, 5) is 18.5. The van der Waals surface area contributed by atoms with E-state index in [9.17, 15) is 4.79 Å². The number of fused-ring (bicyclic) bond motifs is 1. The highest BCUT2D eigenvalue weighted by Crippen LogP contribution is 2.21. The SMILES string of the molecule is Cn1ccc(-c2nc3c(C(=O)O)cccc3[nH]2)n1. The van der Waals surface area contributed by atoms with Crippen LogP contribution < -0.4 is 0 Å². The number of carbonyl (C=O) groups is 1. The molecule has 90 valence electrons. The first-order chi connectivity index (χ1) is 8.65. The van der Waals surface area contributed by atoms with Gasteiger partial charge in [0.05, 0.1) is 11.1 Å². The van der Waals surface area contributed by atoms with Gasteiger partial charge in [-0.3, -0.25) is 4.68 Å². The summed E-state index contributed by atoms with van der Waals surface area (Å²) in [5.41, 5.74) is 2.01. The average molecular weight is 242 g/mol. The first kappa shape index (κ1) is 10.5. The van der Waals surface area contributed by atoms with Crippen LogP contribution in [0.3, 0.4) is 0 Å². The van der Waals surface area contributed by atoms with Crippen molar-refractivity contribution in [1.82, 2.24) is 19.7 Å². The average Bonchev–Trinajstić information content (AvgIpc) is 2.93. The molecule has 2 heterocycles. The van der Waals surface area contributed by atoms with Gasteiger partial charge >= 0.3 is 5.97 Å². The molecule has 0 atom stereocenters. The number of carboxylic acid groups (broad SMARTS) is 1. The van der Waals surface area contributed by atoms with Crippen molar-refractivity contribution in [3.05, 3.63) is 36.0 Å². The van der Waals surface area contributed by atoms with Crippen LogP contribution in [-0.2, 0) is 7.05 Å². The lowest BCUT2D eigenvalue weighted by molar-refractivity contribution is 0.0699. The van der Waals surface area contributed by atoms with Gasteiger partial charge in [0.2, 0.25) is 0 Å². The number of aromatic carboxylic acids is 1. The lowest BCUT2D eigenvalue weighted by atomic mass is 10.2. The normalized spacial score (nSPS) is 10.9. The summed E-state index contributed by atoms with van der Waals surface area (Å²) in [5, 5.41) is 13.3. The minimum Gasteiger partial charge on any atom is -0.478 e. The van der Waals surface area contributed by atoms with E-state index in [1.807, 2.05) is 13.1 Å². The lowest BCUT2D eigenvalue weighted by Gasteiger charge is -1.93. The van der Waals surface area contributed by atoms with Crippen molar-refractivity contribution in [2.24, 2.45) is 7.05 Å². The van der Waals surface area contributed by atoms with Crippen LogP contribution in [0.1, 0.15) is 10.4 Å². The second-order valence-corrected chi connectivity index (χ2v) is 3.97. The number of aryl methyl sites for hydroxylation is 1. The number of nitrogens with zero attached hydrogens (tertiary/aromatic N) is 3. The van der Waals surface area contributed by atoms with Gasteiger partial charge in [0.25, 0.3) is 0 Å². The molecule has 2 N–H and O–H groups in total. The number of benzene rings is 1. The molecule has 0 fully saturated rings. The predicted molar refractivity (Wildman–Crippen MR) is 65.3 cm³/mol. The summed E-state index contributed by atoms with van der Waals surface area (Å²) in [6, 6.07) is 6.83. The van der Waals surface area contributed by atoms with Crippen molar-refractivity contribution in [2.75, 3.05) is 0 Å². The second kappa shape index (κ2) is 3.69. The largest absolute Gasteiger partial charge is 0.478 e. The van der Waals surface area contributed by atoms with Crippen molar-refractivity contribution in [1.29, 1.82) is 0 Å². The van der Waals surface area contributed by atoms with Crippen molar-refractivity contribution in [3.63, 3.8) is 0 Å². The van der Waals surface area contributed by atoms with Gasteiger partial charge in [0.15, 0.2) is 5.82 Å². The fraction of sp³-hybridized carbons (Fsp3) is 0.0833. The Kier molecular flexibility index (Phi) is 2.16. The highest BCUT2D eigenvalue weighted by Gasteiger charge is 2.14. The fourth-order valence-electron chi connectivity index (χ4n) is 1.87. The number of hydrogen-bond acceptors (Lipinski definition) is 3. The maximum absolute atomic E-state index is 11.1. The predicted octanol–water partition coefficient (Wildman–Crippen LogP) is 1.66. The zero-order valence-electron chi connectivity index (χ0n) is 9.58. The highest BCUT2D eigenvalue weighted by molar-refractivity contribution is 6.01. The second-order valence-electron chi connectivity index (χ2n) is 3.97. The van der Waals surface area contributed by atoms with E-state index in [0.717, 1.165) is 0 Å². The Morgan fingerprint density at radius 1 is 1.39 bits per heavy atom. The third kappa shape index (κ3) is 1.55. The van der Waals surface area contributed by atoms with E-state index < -0.39 is 5.97 Å². The summed E-state index contributed by atoms with van der Waals surface area (Å²) in [6.45, 7) is 0. The molecule has 0 saturated carbocycles. The van der Waals surface area contributed by atoms with E-state index >= 15 is 0 Å². The number of hydrogen-bond donors (Lipinski definition) is 2. The number of nitrogens with one attached hydrogen (secondary N) is 1. The van der Waals surface area contributed by atoms with Crippen molar-refractivity contribution in [2.45, 2.75) is 0 Å². The van der Waals surface area contributed by atoms with E-state index in [1.165, 1.54) is 6.07 Å². The third-order valence-electron chi connectivity index (χ3n) is 2.70. The number of imidazole rings is 1. The summed E-state index contributed by atoms with van der Waals surface area (Å²) in [5.74, 6) is -0.418. The summed E-state index contributed by atoms with van der Waals surface area (Å²) in [6.07, 6.45) is 1.81. The van der Waals surface area contributed by atoms with E-state index in [-0.39, 0.29) is 5.56 Å². The van der Waals surface area contributed by atoms with Crippen LogP contribution in [0, 0.1) is 0 Å². The van der Waals surface area contributed by atoms with Gasteiger partial charge in [-0.2, -0.15) is 5.10 Å². The van der Waals surface area contributed by atoms with E-state index in [4.69, 9.17) is 5.11 Å². The summed E-state index contributed by atoms with van der Waals surface area (Å²) in [7, 11) is 1.81. The molecular formula is C12H10N4O2. The minimum atomic E-state index is -0.986. The summed E-state index contributed by atoms with van der Waals surface area (Å²) >= 11 is 0. The van der Waals surface area contributed by atoms with Crippen LogP contribution in [0.2, 0.25) is 0 Å². The molecule has 0 saturated heterocycles. The van der Waals surface area contributed by atoms with Crippen LogP contribution >= 0.6 is 0 Å². The maximum atomic E-state index is 11.1. The third-order valence-corrected chi connectivity index (χ3v) is 2.70. The molecule has 1 aromatic carbocycles. The molecule has 6 nitrogen and oxygen atoms in total. The molecule has 2 aromatic heterocycles. The van der Waals surface area contributed by atoms with Gasteiger partial charge in [0.1, 0.15) is 11.2 Å². The van der Waals surface area contributed by atoms with E-state index in [0.29, 0.717) is 22.6 Å². The Morgan fingerprint density at radius 2 is 2.22 bits per heavy atom. The van der Waals surface area contributed by atoms with E-state index in [2.05, 4.69) is 15.1 Å². The van der Waals surface area contributed by atoms with Gasteiger partial charge in [-0.25, -0.2) is 9.78 Å². The van der Waals surface area contributed by atoms with Crippen molar-refractivity contribution >= 4 is 17.0 Å². The smallest absolute Gasteiger partial charge is 0.337 e. The van der Waals surface area contributed by atoms with Crippen LogP contribution in [0.25, 0.3) is 22.6 Å². The Bertz CT molecular complexity index is 741. The van der Waals surface area contributed by atoms with Crippen LogP contribution in [0.5, 0.6) is 0 Å². The Hall–Kier alpha value is -2.63. The van der Waals surface area contributed by atoms with E-state index in [1.54, 1.807) is 23.0 Å².